The quantitative estimate of drug-likeness (QED) is 0.774. The highest BCUT2D eigenvalue weighted by Gasteiger charge is 2.43. The third kappa shape index (κ3) is 2.45. The van der Waals surface area contributed by atoms with Crippen molar-refractivity contribution in [2.75, 3.05) is 18.8 Å². The van der Waals surface area contributed by atoms with Gasteiger partial charge in [-0.25, -0.2) is 0 Å². The van der Waals surface area contributed by atoms with E-state index in [1.165, 1.54) is 12.1 Å². The van der Waals surface area contributed by atoms with Crippen LogP contribution in [0.5, 0.6) is 0 Å². The molecule has 21 heavy (non-hydrogen) atoms. The Labute approximate surface area is 132 Å². The minimum absolute atomic E-state index is 0.0224. The lowest BCUT2D eigenvalue weighted by Gasteiger charge is -2.36. The largest absolute Gasteiger partial charge is 0.399 e. The molecule has 1 aromatic rings. The van der Waals surface area contributed by atoms with Crippen LogP contribution < -0.4 is 11.1 Å². The number of nitrogen functional groups attached to an aromatic ring is 1. The molecule has 0 aromatic heterocycles. The lowest BCUT2D eigenvalue weighted by molar-refractivity contribution is -0.123. The van der Waals surface area contributed by atoms with E-state index in [9.17, 15) is 9.59 Å². The lowest BCUT2D eigenvalue weighted by Crippen LogP contribution is -2.48. The number of rotatable bonds is 1. The predicted octanol–water partition coefficient (Wildman–Crippen LogP) is 1.93. The van der Waals surface area contributed by atoms with Gasteiger partial charge in [-0.1, -0.05) is 23.2 Å². The molecule has 2 atom stereocenters. The Morgan fingerprint density at radius 1 is 1.38 bits per heavy atom. The van der Waals surface area contributed by atoms with Crippen molar-refractivity contribution in [3.8, 4) is 0 Å². The predicted molar refractivity (Wildman–Crippen MR) is 81.4 cm³/mol. The number of carbonyl (C=O) groups excluding carboxylic acids is 2. The second-order valence-corrected chi connectivity index (χ2v) is 6.21. The van der Waals surface area contributed by atoms with Gasteiger partial charge in [-0.2, -0.15) is 0 Å². The van der Waals surface area contributed by atoms with Gasteiger partial charge < -0.3 is 16.0 Å². The van der Waals surface area contributed by atoms with E-state index >= 15 is 0 Å². The average molecular weight is 328 g/mol. The Balaban J connectivity index is 1.93. The molecule has 1 aromatic carbocycles. The van der Waals surface area contributed by atoms with Crippen molar-refractivity contribution < 1.29 is 9.59 Å². The van der Waals surface area contributed by atoms with E-state index in [4.69, 9.17) is 28.9 Å². The van der Waals surface area contributed by atoms with Gasteiger partial charge in [-0.05, 0) is 25.0 Å². The second-order valence-electron chi connectivity index (χ2n) is 5.42. The molecule has 3 N–H and O–H groups in total. The highest BCUT2D eigenvalue weighted by Crippen LogP contribution is 2.33. The summed E-state index contributed by atoms with van der Waals surface area (Å²) in [6, 6.07) is 2.93. The maximum Gasteiger partial charge on any atom is 0.255 e. The fourth-order valence-corrected chi connectivity index (χ4v) is 3.54. The molecule has 2 saturated heterocycles. The van der Waals surface area contributed by atoms with Crippen LogP contribution in [0.15, 0.2) is 12.1 Å². The number of hydrogen-bond donors (Lipinski definition) is 2. The first-order valence-electron chi connectivity index (χ1n) is 6.82. The zero-order valence-electron chi connectivity index (χ0n) is 11.2. The molecule has 5 nitrogen and oxygen atoms in total. The van der Waals surface area contributed by atoms with Crippen LogP contribution in [0.25, 0.3) is 0 Å². The number of carbonyl (C=O) groups is 2. The fourth-order valence-electron chi connectivity index (χ4n) is 3.12. The maximum atomic E-state index is 12.8. The van der Waals surface area contributed by atoms with Gasteiger partial charge in [-0.3, -0.25) is 9.59 Å². The number of anilines is 1. The molecule has 112 valence electrons. The van der Waals surface area contributed by atoms with Gasteiger partial charge in [-0.15, -0.1) is 0 Å². The van der Waals surface area contributed by atoms with Crippen molar-refractivity contribution in [1.82, 2.24) is 10.2 Å². The third-order valence-corrected chi connectivity index (χ3v) is 4.94. The van der Waals surface area contributed by atoms with Crippen LogP contribution in [-0.4, -0.2) is 35.8 Å². The summed E-state index contributed by atoms with van der Waals surface area (Å²) >= 11 is 12.1. The van der Waals surface area contributed by atoms with E-state index in [1.807, 2.05) is 0 Å². The summed E-state index contributed by atoms with van der Waals surface area (Å²) in [5.74, 6) is -0.326. The second kappa shape index (κ2) is 5.39. The van der Waals surface area contributed by atoms with Crippen molar-refractivity contribution >= 4 is 40.7 Å². The number of nitrogens with two attached hydrogens (primary N) is 1. The van der Waals surface area contributed by atoms with E-state index in [0.29, 0.717) is 24.3 Å². The molecule has 2 fully saturated rings. The summed E-state index contributed by atoms with van der Waals surface area (Å²) in [4.78, 5) is 26.2. The summed E-state index contributed by atoms with van der Waals surface area (Å²) in [6.45, 7) is 1.10. The molecule has 2 unspecified atom stereocenters. The summed E-state index contributed by atoms with van der Waals surface area (Å²) in [5, 5.41) is 3.28. The highest BCUT2D eigenvalue weighted by molar-refractivity contribution is 6.44. The third-order valence-electron chi connectivity index (χ3n) is 4.14. The number of benzene rings is 1. The molecular weight excluding hydrogens is 313 g/mol. The van der Waals surface area contributed by atoms with E-state index in [-0.39, 0.29) is 33.8 Å². The normalized spacial score (nSPS) is 24.7. The molecule has 3 rings (SSSR count). The summed E-state index contributed by atoms with van der Waals surface area (Å²) in [7, 11) is 0. The zero-order valence-corrected chi connectivity index (χ0v) is 12.7. The molecule has 0 spiro atoms. The zero-order chi connectivity index (χ0) is 15.1. The van der Waals surface area contributed by atoms with Crippen LogP contribution in [0.1, 0.15) is 23.2 Å². The molecule has 2 amide bonds. The van der Waals surface area contributed by atoms with Gasteiger partial charge in [0.05, 0.1) is 27.6 Å². The topological polar surface area (TPSA) is 75.4 Å². The van der Waals surface area contributed by atoms with E-state index in [0.717, 1.165) is 12.8 Å². The summed E-state index contributed by atoms with van der Waals surface area (Å²) < 4.78 is 0. The molecule has 2 heterocycles. The summed E-state index contributed by atoms with van der Waals surface area (Å²) in [6.07, 6.45) is 1.61. The number of fused-ring (bicyclic) bond motifs is 1. The molecular formula is C14H15Cl2N3O2. The van der Waals surface area contributed by atoms with Gasteiger partial charge in [0.1, 0.15) is 0 Å². The standard InChI is InChI=1S/C14H15Cl2N3O2/c15-10-5-7(17)4-9(12(10)16)14(21)19-3-1-2-8-11(19)6-18-13(8)20/h4-5,8,11H,1-3,6,17H2,(H,18,20). The van der Waals surface area contributed by atoms with Crippen molar-refractivity contribution in [3.63, 3.8) is 0 Å². The van der Waals surface area contributed by atoms with Crippen LogP contribution in [0.3, 0.4) is 0 Å². The SMILES string of the molecule is Nc1cc(Cl)c(Cl)c(C(=O)N2CCCC3C(=O)NCC32)c1. The lowest BCUT2D eigenvalue weighted by atomic mass is 9.91. The van der Waals surface area contributed by atoms with Crippen molar-refractivity contribution in [1.29, 1.82) is 0 Å². The first-order chi connectivity index (χ1) is 9.99. The minimum atomic E-state index is -0.222. The highest BCUT2D eigenvalue weighted by atomic mass is 35.5. The number of amides is 2. The van der Waals surface area contributed by atoms with Crippen LogP contribution in [-0.2, 0) is 4.79 Å². The number of nitrogens with zero attached hydrogens (tertiary/aromatic N) is 1. The number of nitrogens with one attached hydrogen (secondary N) is 1. The minimum Gasteiger partial charge on any atom is -0.399 e. The molecule has 7 heteroatoms. The van der Waals surface area contributed by atoms with E-state index in [1.54, 1.807) is 4.90 Å². The van der Waals surface area contributed by atoms with Gasteiger partial charge >= 0.3 is 0 Å². The Kier molecular flexibility index (Phi) is 3.71. The van der Waals surface area contributed by atoms with Gasteiger partial charge in [0, 0.05) is 18.8 Å². The van der Waals surface area contributed by atoms with E-state index < -0.39 is 0 Å². The van der Waals surface area contributed by atoms with Gasteiger partial charge in [0.2, 0.25) is 5.91 Å². The van der Waals surface area contributed by atoms with Gasteiger partial charge in [0.15, 0.2) is 0 Å². The van der Waals surface area contributed by atoms with Crippen LogP contribution in [0, 0.1) is 5.92 Å². The Bertz CT molecular complexity index is 620. The summed E-state index contributed by atoms with van der Waals surface area (Å²) in [5.41, 5.74) is 6.43. The maximum absolute atomic E-state index is 12.8. The van der Waals surface area contributed by atoms with Crippen molar-refractivity contribution in [3.05, 3.63) is 27.7 Å². The van der Waals surface area contributed by atoms with E-state index in [2.05, 4.69) is 5.32 Å². The molecule has 0 aliphatic carbocycles. The van der Waals surface area contributed by atoms with Crippen LogP contribution >= 0.6 is 23.2 Å². The van der Waals surface area contributed by atoms with Gasteiger partial charge in [0.25, 0.3) is 5.91 Å². The molecule has 0 saturated carbocycles. The molecule has 2 aliphatic heterocycles. The molecule has 2 aliphatic rings. The number of halogens is 2. The smallest absolute Gasteiger partial charge is 0.255 e. The first-order valence-corrected chi connectivity index (χ1v) is 7.58. The fraction of sp³-hybridized carbons (Fsp3) is 0.429. The number of likely N-dealkylation sites (tertiary alicyclic amines) is 1. The van der Waals surface area contributed by atoms with Crippen LogP contribution in [0.4, 0.5) is 5.69 Å². The Morgan fingerprint density at radius 2 is 2.14 bits per heavy atom. The van der Waals surface area contributed by atoms with Crippen molar-refractivity contribution in [2.45, 2.75) is 18.9 Å². The number of hydrogen-bond acceptors (Lipinski definition) is 3. The Hall–Kier alpha value is -1.46. The Morgan fingerprint density at radius 3 is 2.90 bits per heavy atom. The van der Waals surface area contributed by atoms with Crippen LogP contribution in [0.2, 0.25) is 10.0 Å². The monoisotopic (exact) mass is 327 g/mol. The average Bonchev–Trinajstić information content (AvgIpc) is 2.84. The first kappa shape index (κ1) is 14.5. The molecule has 0 bridgehead atoms. The van der Waals surface area contributed by atoms with Crippen molar-refractivity contribution in [2.24, 2.45) is 5.92 Å². The molecule has 0 radical (unpaired) electrons. The number of piperidine rings is 1.